The van der Waals surface area contributed by atoms with Crippen LogP contribution in [0.4, 0.5) is 0 Å². The summed E-state index contributed by atoms with van der Waals surface area (Å²) in [6.45, 7) is 2.26. The molecule has 0 atom stereocenters. The number of rotatable bonds is 4. The van der Waals surface area contributed by atoms with E-state index in [-0.39, 0.29) is 12.2 Å². The van der Waals surface area contributed by atoms with Crippen LogP contribution >= 0.6 is 0 Å². The van der Waals surface area contributed by atoms with Crippen LogP contribution in [0.1, 0.15) is 11.3 Å². The van der Waals surface area contributed by atoms with Crippen LogP contribution in [0.25, 0.3) is 5.78 Å². The van der Waals surface area contributed by atoms with Gasteiger partial charge in [0.2, 0.25) is 5.78 Å². The minimum absolute atomic E-state index is 0.172. The fraction of sp³-hybridized carbons (Fsp3) is 0.333. The van der Waals surface area contributed by atoms with Gasteiger partial charge < -0.3 is 4.74 Å². The Morgan fingerprint density at radius 3 is 3.19 bits per heavy atom. The van der Waals surface area contributed by atoms with Gasteiger partial charge in [-0.25, -0.2) is 14.5 Å². The van der Waals surface area contributed by atoms with Crippen molar-refractivity contribution < 1.29 is 9.53 Å². The summed E-state index contributed by atoms with van der Waals surface area (Å²) in [5.74, 6) is 0.405. The molecule has 2 aromatic heterocycles. The summed E-state index contributed by atoms with van der Waals surface area (Å²) in [5, 5.41) is 6.34. The molecule has 16 heavy (non-hydrogen) atoms. The third-order valence-electron chi connectivity index (χ3n) is 2.29. The highest BCUT2D eigenvalue weighted by Crippen LogP contribution is 2.02. The number of aromatic amines is 1. The zero-order valence-electron chi connectivity index (χ0n) is 8.64. The van der Waals surface area contributed by atoms with E-state index < -0.39 is 0 Å². The second-order valence-corrected chi connectivity index (χ2v) is 3.25. The second kappa shape index (κ2) is 4.13. The minimum Gasteiger partial charge on any atom is -0.468 e. The molecule has 0 fully saturated rings. The summed E-state index contributed by atoms with van der Waals surface area (Å²) < 4.78 is 5.88. The Bertz CT molecular complexity index is 572. The SMILES string of the molecule is Cc1nc2[nH]ncn2c(=O)c1CCOC=O. The van der Waals surface area contributed by atoms with Gasteiger partial charge in [-0.1, -0.05) is 0 Å². The third kappa shape index (κ3) is 1.67. The molecule has 0 spiro atoms. The molecule has 0 amide bonds. The molecule has 1 N–H and O–H groups in total. The standard InChI is InChI=1S/C9H10N4O3/c1-6-7(2-3-16-5-14)8(15)13-4-10-12-9(13)11-6/h4-5H,2-3H2,1H3,(H,11,12). The number of nitrogens with one attached hydrogen (secondary N) is 1. The van der Waals surface area contributed by atoms with Gasteiger partial charge in [0.1, 0.15) is 6.33 Å². The number of hydrogen-bond acceptors (Lipinski definition) is 5. The van der Waals surface area contributed by atoms with Gasteiger partial charge in [0, 0.05) is 12.0 Å². The summed E-state index contributed by atoms with van der Waals surface area (Å²) in [6.07, 6.45) is 1.72. The maximum atomic E-state index is 11.9. The minimum atomic E-state index is -0.189. The van der Waals surface area contributed by atoms with E-state index in [0.717, 1.165) is 0 Å². The Morgan fingerprint density at radius 2 is 2.44 bits per heavy atom. The van der Waals surface area contributed by atoms with Crippen LogP contribution in [0.15, 0.2) is 11.1 Å². The summed E-state index contributed by atoms with van der Waals surface area (Å²) in [4.78, 5) is 26.1. The number of carbonyl (C=O) groups is 1. The van der Waals surface area contributed by atoms with Crippen molar-refractivity contribution >= 4 is 12.2 Å². The van der Waals surface area contributed by atoms with Crippen LogP contribution in [0, 0.1) is 6.92 Å². The van der Waals surface area contributed by atoms with Crippen molar-refractivity contribution in [3.63, 3.8) is 0 Å². The summed E-state index contributed by atoms with van der Waals surface area (Å²) >= 11 is 0. The lowest BCUT2D eigenvalue weighted by Gasteiger charge is -2.03. The fourth-order valence-corrected chi connectivity index (χ4v) is 1.50. The summed E-state index contributed by atoms with van der Waals surface area (Å²) in [6, 6.07) is 0. The van der Waals surface area contributed by atoms with E-state index >= 15 is 0 Å². The lowest BCUT2D eigenvalue weighted by molar-refractivity contribution is -0.128. The molecule has 0 aromatic carbocycles. The number of H-pyrrole nitrogens is 1. The van der Waals surface area contributed by atoms with Crippen molar-refractivity contribution in [1.82, 2.24) is 19.6 Å². The predicted molar refractivity (Wildman–Crippen MR) is 54.1 cm³/mol. The molecule has 0 bridgehead atoms. The van der Waals surface area contributed by atoms with Crippen molar-refractivity contribution in [2.45, 2.75) is 13.3 Å². The molecule has 0 unspecified atom stereocenters. The summed E-state index contributed by atoms with van der Waals surface area (Å²) in [5.41, 5.74) is 0.954. The van der Waals surface area contributed by atoms with Gasteiger partial charge >= 0.3 is 0 Å². The predicted octanol–water partition coefficient (Wildman–Crippen LogP) is -0.558. The van der Waals surface area contributed by atoms with Crippen LogP contribution in [0.3, 0.4) is 0 Å². The van der Waals surface area contributed by atoms with Gasteiger partial charge in [-0.15, -0.1) is 0 Å². The number of aromatic nitrogens is 4. The first kappa shape index (κ1) is 10.3. The maximum absolute atomic E-state index is 11.9. The molecule has 0 saturated carbocycles. The van der Waals surface area contributed by atoms with Crippen molar-refractivity contribution in [2.24, 2.45) is 0 Å². The van der Waals surface area contributed by atoms with E-state index in [9.17, 15) is 9.59 Å². The molecule has 0 saturated heterocycles. The number of carbonyl (C=O) groups excluding carboxylic acids is 1. The smallest absolute Gasteiger partial charge is 0.293 e. The molecule has 0 radical (unpaired) electrons. The monoisotopic (exact) mass is 222 g/mol. The first-order chi connectivity index (χ1) is 7.74. The molecular formula is C9H10N4O3. The quantitative estimate of drug-likeness (QED) is 0.553. The average Bonchev–Trinajstić information content (AvgIpc) is 2.71. The molecule has 0 aliphatic rings. The van der Waals surface area contributed by atoms with Crippen molar-refractivity contribution in [3.05, 3.63) is 27.9 Å². The van der Waals surface area contributed by atoms with Crippen molar-refractivity contribution in [3.8, 4) is 0 Å². The van der Waals surface area contributed by atoms with Gasteiger partial charge in [0.05, 0.1) is 12.3 Å². The van der Waals surface area contributed by atoms with E-state index in [4.69, 9.17) is 0 Å². The normalized spacial score (nSPS) is 10.6. The molecule has 84 valence electrons. The third-order valence-corrected chi connectivity index (χ3v) is 2.29. The number of fused-ring (bicyclic) bond motifs is 1. The number of aryl methyl sites for hydroxylation is 1. The van der Waals surface area contributed by atoms with E-state index in [1.165, 1.54) is 10.7 Å². The average molecular weight is 222 g/mol. The largest absolute Gasteiger partial charge is 0.468 e. The van der Waals surface area contributed by atoms with Gasteiger partial charge in [-0.05, 0) is 6.92 Å². The Balaban J connectivity index is 2.43. The summed E-state index contributed by atoms with van der Waals surface area (Å²) in [7, 11) is 0. The van der Waals surface area contributed by atoms with Gasteiger partial charge in [-0.2, -0.15) is 5.10 Å². The van der Waals surface area contributed by atoms with Gasteiger partial charge in [-0.3, -0.25) is 9.59 Å². The zero-order chi connectivity index (χ0) is 11.5. The van der Waals surface area contributed by atoms with E-state index in [1.54, 1.807) is 6.92 Å². The molecular weight excluding hydrogens is 212 g/mol. The Hall–Kier alpha value is -2.18. The highest BCUT2D eigenvalue weighted by molar-refractivity contribution is 5.37. The van der Waals surface area contributed by atoms with Crippen molar-refractivity contribution in [2.75, 3.05) is 6.61 Å². The second-order valence-electron chi connectivity index (χ2n) is 3.25. The van der Waals surface area contributed by atoms with Crippen LogP contribution in [-0.4, -0.2) is 32.7 Å². The van der Waals surface area contributed by atoms with E-state index in [2.05, 4.69) is 19.9 Å². The molecule has 0 aliphatic heterocycles. The van der Waals surface area contributed by atoms with Crippen LogP contribution in [-0.2, 0) is 16.0 Å². The fourth-order valence-electron chi connectivity index (χ4n) is 1.50. The van der Waals surface area contributed by atoms with Crippen LogP contribution in [0.5, 0.6) is 0 Å². The first-order valence-electron chi connectivity index (χ1n) is 4.70. The molecule has 7 heteroatoms. The molecule has 2 rings (SSSR count). The lowest BCUT2D eigenvalue weighted by atomic mass is 10.2. The molecule has 0 aliphatic carbocycles. The molecule has 2 aromatic rings. The highest BCUT2D eigenvalue weighted by atomic mass is 16.5. The Morgan fingerprint density at radius 1 is 1.62 bits per heavy atom. The van der Waals surface area contributed by atoms with Crippen LogP contribution in [0.2, 0.25) is 0 Å². The molecule has 7 nitrogen and oxygen atoms in total. The van der Waals surface area contributed by atoms with Gasteiger partial charge in [0.25, 0.3) is 12.0 Å². The maximum Gasteiger partial charge on any atom is 0.293 e. The van der Waals surface area contributed by atoms with Gasteiger partial charge in [0.15, 0.2) is 0 Å². The Labute approximate surface area is 90.1 Å². The van der Waals surface area contributed by atoms with Crippen molar-refractivity contribution in [1.29, 1.82) is 0 Å². The number of ether oxygens (including phenoxy) is 1. The molecule has 2 heterocycles. The highest BCUT2D eigenvalue weighted by Gasteiger charge is 2.10. The topological polar surface area (TPSA) is 89.3 Å². The zero-order valence-corrected chi connectivity index (χ0v) is 8.64. The van der Waals surface area contributed by atoms with E-state index in [1.807, 2.05) is 0 Å². The Kier molecular flexibility index (Phi) is 2.67. The lowest BCUT2D eigenvalue weighted by Crippen LogP contribution is -2.21. The number of hydrogen-bond donors (Lipinski definition) is 1. The first-order valence-corrected chi connectivity index (χ1v) is 4.70. The van der Waals surface area contributed by atoms with E-state index in [0.29, 0.717) is 29.9 Å². The number of nitrogens with zero attached hydrogens (tertiary/aromatic N) is 3. The van der Waals surface area contributed by atoms with Crippen LogP contribution < -0.4 is 5.56 Å².